The molecule has 15 nitrogen and oxygen atoms in total. The summed E-state index contributed by atoms with van der Waals surface area (Å²) in [5.41, 5.74) is 5.11. The Morgan fingerprint density at radius 3 is 2.00 bits per heavy atom. The average molecular weight is 533 g/mol. The summed E-state index contributed by atoms with van der Waals surface area (Å²) < 4.78 is 33.9. The zero-order valence-electron chi connectivity index (χ0n) is 18.8. The van der Waals surface area contributed by atoms with E-state index < -0.39 is 24.9 Å². The summed E-state index contributed by atoms with van der Waals surface area (Å²) in [7, 11) is -4.65. The van der Waals surface area contributed by atoms with Gasteiger partial charge in [0.05, 0.1) is 15.5 Å². The molecule has 2 aromatic heterocycles. The zero-order chi connectivity index (χ0) is 25.9. The van der Waals surface area contributed by atoms with E-state index in [1.54, 1.807) is 18.2 Å². The number of nitrogens with one attached hydrogen (secondary N) is 2. The third kappa shape index (κ3) is 6.38. The van der Waals surface area contributed by atoms with Crippen molar-refractivity contribution in [3.8, 4) is 0 Å². The molecule has 0 fully saturated rings. The summed E-state index contributed by atoms with van der Waals surface area (Å²) in [5, 5.41) is 30.2. The minimum Gasteiger partial charge on any atom is -0.297 e. The first kappa shape index (κ1) is 27.5. The molecule has 0 bridgehead atoms. The fourth-order valence-electron chi connectivity index (χ4n) is 3.09. The maximum atomic E-state index is 12.1. The van der Waals surface area contributed by atoms with Gasteiger partial charge in [0, 0.05) is 22.9 Å². The largest absolute Gasteiger partial charge is 1.00 e. The third-order valence-corrected chi connectivity index (χ3v) is 5.63. The molecule has 2 heterocycles. The van der Waals surface area contributed by atoms with Crippen LogP contribution >= 0.6 is 0 Å². The Morgan fingerprint density at radius 1 is 0.838 bits per heavy atom. The Labute approximate surface area is 230 Å². The standard InChI is InChI=1S/C20H14N8O7S.Na/c29-27(30)12-5-7-18(21-10-12)24-23-16-9-17(36(33,34)35)14-3-1-2-4-15(14)20(16)26-25-19-8-6-13(11-22-19)28(31)32;/h1-11,23H,(H,21,24)(H,33,34,35);/q;+1. The molecule has 0 amide bonds. The van der Waals surface area contributed by atoms with E-state index in [0.717, 1.165) is 18.5 Å². The number of nitrogens with zero attached hydrogens (tertiary/aromatic N) is 6. The van der Waals surface area contributed by atoms with Crippen LogP contribution in [0.1, 0.15) is 0 Å². The van der Waals surface area contributed by atoms with Crippen LogP contribution in [0, 0.1) is 20.2 Å². The molecule has 37 heavy (non-hydrogen) atoms. The van der Waals surface area contributed by atoms with Crippen LogP contribution in [-0.4, -0.2) is 32.8 Å². The minimum absolute atomic E-state index is 0. The number of nitro groups is 2. The summed E-state index contributed by atoms with van der Waals surface area (Å²) >= 11 is 0. The topological polar surface area (TPSA) is 215 Å². The smallest absolute Gasteiger partial charge is 0.297 e. The number of pyridine rings is 2. The summed E-state index contributed by atoms with van der Waals surface area (Å²) in [6.07, 6.45) is 2.03. The predicted molar refractivity (Wildman–Crippen MR) is 127 cm³/mol. The van der Waals surface area contributed by atoms with E-state index in [1.165, 1.54) is 30.3 Å². The second-order valence-electron chi connectivity index (χ2n) is 7.03. The van der Waals surface area contributed by atoms with Crippen LogP contribution in [0.4, 0.5) is 34.4 Å². The molecule has 4 aromatic rings. The maximum absolute atomic E-state index is 12.1. The Balaban J connectivity index is 0.00000380. The molecular formula is C20H14N8NaO7S+. The van der Waals surface area contributed by atoms with Gasteiger partial charge >= 0.3 is 29.6 Å². The number of anilines is 2. The van der Waals surface area contributed by atoms with Crippen molar-refractivity contribution in [2.45, 2.75) is 4.90 Å². The number of hydrazine groups is 1. The van der Waals surface area contributed by atoms with Crippen molar-refractivity contribution in [2.75, 3.05) is 10.9 Å². The van der Waals surface area contributed by atoms with Gasteiger partial charge in [0.2, 0.25) is 0 Å². The number of hydrogen-bond acceptors (Lipinski definition) is 12. The van der Waals surface area contributed by atoms with E-state index in [0.29, 0.717) is 5.39 Å². The van der Waals surface area contributed by atoms with Crippen LogP contribution in [0.2, 0.25) is 0 Å². The number of aromatic nitrogens is 2. The summed E-state index contributed by atoms with van der Waals surface area (Å²) in [4.78, 5) is 27.8. The van der Waals surface area contributed by atoms with Crippen molar-refractivity contribution >= 4 is 55.3 Å². The fourth-order valence-corrected chi connectivity index (χ4v) is 3.81. The molecule has 0 unspecified atom stereocenters. The van der Waals surface area contributed by atoms with E-state index in [4.69, 9.17) is 0 Å². The first-order valence-corrected chi connectivity index (χ1v) is 11.3. The molecular weight excluding hydrogens is 519 g/mol. The summed E-state index contributed by atoms with van der Waals surface area (Å²) in [6, 6.07) is 12.3. The Bertz CT molecular complexity index is 1610. The molecule has 0 saturated heterocycles. The zero-order valence-corrected chi connectivity index (χ0v) is 21.7. The maximum Gasteiger partial charge on any atom is 1.00 e. The van der Waals surface area contributed by atoms with Gasteiger partial charge in [-0.15, -0.1) is 10.2 Å². The predicted octanol–water partition coefficient (Wildman–Crippen LogP) is 1.55. The van der Waals surface area contributed by atoms with E-state index >= 15 is 0 Å². The van der Waals surface area contributed by atoms with Crippen LogP contribution in [0.25, 0.3) is 10.8 Å². The molecule has 0 aliphatic carbocycles. The van der Waals surface area contributed by atoms with Crippen LogP contribution in [0.5, 0.6) is 0 Å². The Kier molecular flexibility index (Phi) is 8.41. The van der Waals surface area contributed by atoms with Crippen LogP contribution < -0.4 is 40.4 Å². The van der Waals surface area contributed by atoms with Gasteiger partial charge in [0.15, 0.2) is 5.82 Å². The minimum atomic E-state index is -4.65. The number of benzene rings is 2. The van der Waals surface area contributed by atoms with Gasteiger partial charge < -0.3 is 0 Å². The van der Waals surface area contributed by atoms with Crippen LogP contribution in [0.15, 0.2) is 82.1 Å². The van der Waals surface area contributed by atoms with Gasteiger partial charge in [-0.2, -0.15) is 8.42 Å². The SMILES string of the molecule is O=[N+]([O-])c1ccc(N=Nc2c(NNc3ccc([N+](=O)[O-])cn3)cc(S(=O)(=O)O)c3ccccc23)nc1.[Na+]. The van der Waals surface area contributed by atoms with Gasteiger partial charge in [0.25, 0.3) is 21.5 Å². The number of rotatable bonds is 8. The fraction of sp³-hybridized carbons (Fsp3) is 0. The molecule has 0 saturated carbocycles. The molecule has 182 valence electrons. The molecule has 0 atom stereocenters. The van der Waals surface area contributed by atoms with Crippen molar-refractivity contribution < 1.29 is 52.4 Å². The summed E-state index contributed by atoms with van der Waals surface area (Å²) in [6.45, 7) is 0. The van der Waals surface area contributed by atoms with Crippen LogP contribution in [0.3, 0.4) is 0 Å². The third-order valence-electron chi connectivity index (χ3n) is 4.74. The molecule has 0 aliphatic heterocycles. The molecule has 3 N–H and O–H groups in total. The number of fused-ring (bicyclic) bond motifs is 1. The molecule has 17 heteroatoms. The second kappa shape index (κ2) is 11.3. The van der Waals surface area contributed by atoms with E-state index in [2.05, 4.69) is 31.0 Å². The Morgan fingerprint density at radius 2 is 1.46 bits per heavy atom. The second-order valence-corrected chi connectivity index (χ2v) is 8.42. The Hall–Kier alpha value is -4.09. The number of azo groups is 1. The van der Waals surface area contributed by atoms with Gasteiger partial charge in [-0.1, -0.05) is 24.3 Å². The molecule has 0 spiro atoms. The molecule has 0 radical (unpaired) electrons. The molecule has 0 aliphatic rings. The van der Waals surface area contributed by atoms with Crippen molar-refractivity contribution in [3.05, 3.63) is 87.2 Å². The van der Waals surface area contributed by atoms with E-state index in [1.807, 2.05) is 0 Å². The quantitative estimate of drug-likeness (QED) is 0.0970. The van der Waals surface area contributed by atoms with Crippen molar-refractivity contribution in [1.82, 2.24) is 9.97 Å². The first-order chi connectivity index (χ1) is 17.1. The number of hydrogen-bond donors (Lipinski definition) is 3. The van der Waals surface area contributed by atoms with E-state index in [-0.39, 0.29) is 69.3 Å². The molecule has 2 aromatic carbocycles. The summed E-state index contributed by atoms with van der Waals surface area (Å²) in [5.74, 6) is 0.196. The van der Waals surface area contributed by atoms with Crippen molar-refractivity contribution in [1.29, 1.82) is 0 Å². The molecule has 4 rings (SSSR count). The first-order valence-electron chi connectivity index (χ1n) is 9.81. The van der Waals surface area contributed by atoms with Crippen molar-refractivity contribution in [3.63, 3.8) is 0 Å². The van der Waals surface area contributed by atoms with Gasteiger partial charge in [-0.25, -0.2) is 9.97 Å². The monoisotopic (exact) mass is 533 g/mol. The van der Waals surface area contributed by atoms with Crippen LogP contribution in [-0.2, 0) is 10.1 Å². The van der Waals surface area contributed by atoms with Gasteiger partial charge in [-0.05, 0) is 18.2 Å². The van der Waals surface area contributed by atoms with E-state index in [9.17, 15) is 33.2 Å². The average Bonchev–Trinajstić information content (AvgIpc) is 2.85. The normalized spacial score (nSPS) is 11.2. The van der Waals surface area contributed by atoms with Crippen molar-refractivity contribution in [2.24, 2.45) is 10.2 Å². The van der Waals surface area contributed by atoms with Gasteiger partial charge in [-0.3, -0.25) is 35.6 Å². The van der Waals surface area contributed by atoms with Gasteiger partial charge in [0.1, 0.15) is 28.8 Å².